The maximum absolute atomic E-state index is 12.7. The van der Waals surface area contributed by atoms with Gasteiger partial charge in [0.2, 0.25) is 5.75 Å². The Morgan fingerprint density at radius 3 is 2.54 bits per heavy atom. The Kier molecular flexibility index (Phi) is 6.06. The van der Waals surface area contributed by atoms with Gasteiger partial charge in [0.15, 0.2) is 17.3 Å². The number of nitrogens with zero attached hydrogens (tertiary/aromatic N) is 2. The van der Waals surface area contributed by atoms with Gasteiger partial charge >= 0.3 is 0 Å². The first kappa shape index (κ1) is 19.6. The lowest BCUT2D eigenvalue weighted by Gasteiger charge is -2.15. The van der Waals surface area contributed by atoms with Gasteiger partial charge in [-0.25, -0.2) is 0 Å². The van der Waals surface area contributed by atoms with Crippen LogP contribution in [0.5, 0.6) is 17.2 Å². The van der Waals surface area contributed by atoms with Gasteiger partial charge in [0, 0.05) is 17.3 Å². The molecule has 0 spiro atoms. The summed E-state index contributed by atoms with van der Waals surface area (Å²) < 4.78 is 17.6. The third-order valence-corrected chi connectivity index (χ3v) is 4.30. The first-order chi connectivity index (χ1) is 13.5. The van der Waals surface area contributed by atoms with Crippen molar-refractivity contribution in [2.75, 3.05) is 26.6 Å². The molecule has 3 aromatic rings. The largest absolute Gasteiger partial charge is 0.493 e. The van der Waals surface area contributed by atoms with E-state index in [0.717, 1.165) is 5.56 Å². The van der Waals surface area contributed by atoms with Gasteiger partial charge < -0.3 is 19.5 Å². The lowest BCUT2D eigenvalue weighted by molar-refractivity contribution is 0.102. The number of aromatic nitrogens is 2. The van der Waals surface area contributed by atoms with Gasteiger partial charge in [-0.2, -0.15) is 5.10 Å². The zero-order chi connectivity index (χ0) is 20.1. The highest BCUT2D eigenvalue weighted by Gasteiger charge is 2.21. The lowest BCUT2D eigenvalue weighted by Crippen LogP contribution is -2.14. The molecular formula is C20H20ClN3O4. The van der Waals surface area contributed by atoms with Crippen LogP contribution in [0.2, 0.25) is 5.02 Å². The number of methoxy groups -OCH3 is 3. The van der Waals surface area contributed by atoms with E-state index in [1.54, 1.807) is 29.1 Å². The zero-order valence-corrected chi connectivity index (χ0v) is 16.5. The summed E-state index contributed by atoms with van der Waals surface area (Å²) in [6.07, 6.45) is 1.78. The van der Waals surface area contributed by atoms with Crippen molar-refractivity contribution >= 4 is 23.3 Å². The number of anilines is 1. The van der Waals surface area contributed by atoms with E-state index < -0.39 is 0 Å². The van der Waals surface area contributed by atoms with E-state index in [9.17, 15) is 4.79 Å². The number of hydrogen-bond acceptors (Lipinski definition) is 5. The third kappa shape index (κ3) is 4.20. The Morgan fingerprint density at radius 2 is 1.86 bits per heavy atom. The predicted octanol–water partition coefficient (Wildman–Crippen LogP) is 3.86. The monoisotopic (exact) mass is 401 g/mol. The summed E-state index contributed by atoms with van der Waals surface area (Å²) in [7, 11) is 4.47. The normalized spacial score (nSPS) is 10.4. The maximum atomic E-state index is 12.7. The number of rotatable bonds is 7. The average Bonchev–Trinajstić information content (AvgIpc) is 3.13. The molecule has 0 unspecified atom stereocenters. The first-order valence-corrected chi connectivity index (χ1v) is 8.81. The number of hydrogen-bond donors (Lipinski definition) is 1. The highest BCUT2D eigenvalue weighted by Crippen LogP contribution is 2.39. The van der Waals surface area contributed by atoms with Crippen LogP contribution in [0, 0.1) is 0 Å². The van der Waals surface area contributed by atoms with E-state index in [4.69, 9.17) is 25.8 Å². The minimum Gasteiger partial charge on any atom is -0.493 e. The Labute approximate surface area is 167 Å². The van der Waals surface area contributed by atoms with Crippen LogP contribution in [0.25, 0.3) is 0 Å². The first-order valence-electron chi connectivity index (χ1n) is 8.44. The molecule has 0 radical (unpaired) electrons. The number of ether oxygens (including phenoxy) is 3. The van der Waals surface area contributed by atoms with Crippen molar-refractivity contribution < 1.29 is 19.0 Å². The molecule has 2 aromatic carbocycles. The number of carbonyl (C=O) groups is 1. The summed E-state index contributed by atoms with van der Waals surface area (Å²) in [6, 6.07) is 12.5. The molecule has 0 aliphatic heterocycles. The van der Waals surface area contributed by atoms with Gasteiger partial charge in [-0.15, -0.1) is 0 Å². The van der Waals surface area contributed by atoms with Gasteiger partial charge in [-0.1, -0.05) is 23.7 Å². The molecule has 3 rings (SSSR count). The topological polar surface area (TPSA) is 74.6 Å². The molecule has 1 heterocycles. The second-order valence-corrected chi connectivity index (χ2v) is 6.30. The van der Waals surface area contributed by atoms with Gasteiger partial charge in [-0.05, 0) is 29.8 Å². The zero-order valence-electron chi connectivity index (χ0n) is 15.7. The van der Waals surface area contributed by atoms with Gasteiger partial charge in [-0.3, -0.25) is 9.48 Å². The summed E-state index contributed by atoms with van der Waals surface area (Å²) in [5.74, 6) is 1.17. The number of halogens is 1. The summed E-state index contributed by atoms with van der Waals surface area (Å²) in [4.78, 5) is 12.7. The van der Waals surface area contributed by atoms with E-state index in [0.29, 0.717) is 34.4 Å². The van der Waals surface area contributed by atoms with Crippen molar-refractivity contribution in [3.05, 3.63) is 64.8 Å². The molecule has 1 N–H and O–H groups in total. The van der Waals surface area contributed by atoms with Crippen LogP contribution < -0.4 is 19.5 Å². The maximum Gasteiger partial charge on any atom is 0.260 e. The molecule has 8 heteroatoms. The number of nitrogens with one attached hydrogen (secondary N) is 1. The van der Waals surface area contributed by atoms with Gasteiger partial charge in [0.05, 0.1) is 33.4 Å². The van der Waals surface area contributed by atoms with Crippen molar-refractivity contribution in [1.29, 1.82) is 0 Å². The molecule has 0 atom stereocenters. The summed E-state index contributed by atoms with van der Waals surface area (Å²) >= 11 is 6.01. The Hall–Kier alpha value is -3.19. The molecule has 0 saturated carbocycles. The van der Waals surface area contributed by atoms with Crippen LogP contribution in [0.1, 0.15) is 15.9 Å². The Bertz CT molecular complexity index is 987. The quantitative estimate of drug-likeness (QED) is 0.650. The molecule has 1 aromatic heterocycles. The molecule has 28 heavy (non-hydrogen) atoms. The van der Waals surface area contributed by atoms with E-state index in [2.05, 4.69) is 10.4 Å². The molecule has 146 valence electrons. The highest BCUT2D eigenvalue weighted by molar-refractivity contribution is 6.30. The van der Waals surface area contributed by atoms with Crippen LogP contribution in [0.4, 0.5) is 5.82 Å². The van der Waals surface area contributed by atoms with Crippen LogP contribution in [-0.4, -0.2) is 37.0 Å². The lowest BCUT2D eigenvalue weighted by atomic mass is 10.1. The van der Waals surface area contributed by atoms with Crippen molar-refractivity contribution in [2.24, 2.45) is 0 Å². The molecule has 0 fully saturated rings. The van der Waals surface area contributed by atoms with E-state index >= 15 is 0 Å². The number of amides is 1. The number of benzene rings is 2. The molecule has 0 aliphatic carbocycles. The summed E-state index contributed by atoms with van der Waals surface area (Å²) in [6.45, 7) is 0.538. The molecule has 7 nitrogen and oxygen atoms in total. The molecular weight excluding hydrogens is 382 g/mol. The van der Waals surface area contributed by atoms with Crippen molar-refractivity contribution in [2.45, 2.75) is 6.54 Å². The van der Waals surface area contributed by atoms with Crippen molar-refractivity contribution in [3.8, 4) is 17.2 Å². The summed E-state index contributed by atoms with van der Waals surface area (Å²) in [5.41, 5.74) is 1.32. The fourth-order valence-corrected chi connectivity index (χ4v) is 3.02. The van der Waals surface area contributed by atoms with Crippen LogP contribution in [0.15, 0.2) is 48.7 Å². The minimum atomic E-state index is -0.370. The molecule has 0 aliphatic rings. The molecule has 1 amide bonds. The van der Waals surface area contributed by atoms with E-state index in [1.807, 2.05) is 24.3 Å². The van der Waals surface area contributed by atoms with Crippen LogP contribution in [0.3, 0.4) is 0 Å². The highest BCUT2D eigenvalue weighted by atomic mass is 35.5. The fraction of sp³-hybridized carbons (Fsp3) is 0.200. The van der Waals surface area contributed by atoms with E-state index in [-0.39, 0.29) is 11.7 Å². The fourth-order valence-electron chi connectivity index (χ4n) is 2.80. The standard InChI is InChI=1S/C20H20ClN3O4/c1-26-16-8-7-15(18(27-2)19(16)28-3)20(25)22-17-9-10-24(23-17)12-13-5-4-6-14(21)11-13/h4-11H,12H2,1-3H3,(H,22,23,25). The second kappa shape index (κ2) is 8.67. The number of carbonyl (C=O) groups excluding carboxylic acids is 1. The summed E-state index contributed by atoms with van der Waals surface area (Å²) in [5, 5.41) is 7.81. The van der Waals surface area contributed by atoms with Crippen LogP contribution >= 0.6 is 11.6 Å². The molecule has 0 saturated heterocycles. The van der Waals surface area contributed by atoms with E-state index in [1.165, 1.54) is 21.3 Å². The second-order valence-electron chi connectivity index (χ2n) is 5.86. The predicted molar refractivity (Wildman–Crippen MR) is 107 cm³/mol. The average molecular weight is 402 g/mol. The van der Waals surface area contributed by atoms with Crippen LogP contribution in [-0.2, 0) is 6.54 Å². The van der Waals surface area contributed by atoms with Gasteiger partial charge in [0.25, 0.3) is 5.91 Å². The van der Waals surface area contributed by atoms with Crippen molar-refractivity contribution in [3.63, 3.8) is 0 Å². The molecule has 0 bridgehead atoms. The Balaban J connectivity index is 1.78. The van der Waals surface area contributed by atoms with Crippen molar-refractivity contribution in [1.82, 2.24) is 9.78 Å². The Morgan fingerprint density at radius 1 is 1.07 bits per heavy atom. The third-order valence-electron chi connectivity index (χ3n) is 4.06. The minimum absolute atomic E-state index is 0.290. The smallest absolute Gasteiger partial charge is 0.260 e. The SMILES string of the molecule is COc1ccc(C(=O)Nc2ccn(Cc3cccc(Cl)c3)n2)c(OC)c1OC. The van der Waals surface area contributed by atoms with Gasteiger partial charge in [0.1, 0.15) is 0 Å².